The zero-order valence-corrected chi connectivity index (χ0v) is 11.9. The van der Waals surface area contributed by atoms with Gasteiger partial charge in [0.2, 0.25) is 0 Å². The number of carbonyl (C=O) groups is 1. The Labute approximate surface area is 127 Å². The molecule has 0 saturated heterocycles. The molecule has 22 heavy (non-hydrogen) atoms. The minimum absolute atomic E-state index is 0.218. The number of fused-ring (bicyclic) bond motifs is 2. The monoisotopic (exact) mass is 293 g/mol. The Morgan fingerprint density at radius 3 is 2.77 bits per heavy atom. The van der Waals surface area contributed by atoms with Crippen LogP contribution in [0.15, 0.2) is 42.0 Å². The van der Waals surface area contributed by atoms with Gasteiger partial charge in [0.15, 0.2) is 0 Å². The van der Waals surface area contributed by atoms with Crippen LogP contribution in [0.2, 0.25) is 0 Å². The molecule has 4 heteroatoms. The lowest BCUT2D eigenvalue weighted by atomic mass is 9.90. The Hall–Kier alpha value is -2.93. The molecule has 0 atom stereocenters. The van der Waals surface area contributed by atoms with E-state index in [1.54, 1.807) is 31.2 Å². The average molecular weight is 293 g/mol. The van der Waals surface area contributed by atoms with Crippen LogP contribution in [0.4, 0.5) is 4.39 Å². The second-order valence-electron chi connectivity index (χ2n) is 5.08. The largest absolute Gasteiger partial charge is 0.488 e. The van der Waals surface area contributed by atoms with Gasteiger partial charge in [0.1, 0.15) is 24.5 Å². The Kier molecular flexibility index (Phi) is 3.48. The van der Waals surface area contributed by atoms with Crippen LogP contribution in [0.3, 0.4) is 0 Å². The summed E-state index contributed by atoms with van der Waals surface area (Å²) in [6, 6.07) is 11.7. The highest BCUT2D eigenvalue weighted by Crippen LogP contribution is 2.39. The van der Waals surface area contributed by atoms with Gasteiger partial charge in [-0.25, -0.2) is 4.39 Å². The Morgan fingerprint density at radius 1 is 1.27 bits per heavy atom. The van der Waals surface area contributed by atoms with Crippen LogP contribution in [0.25, 0.3) is 5.57 Å². The molecule has 0 bridgehead atoms. The molecule has 0 N–H and O–H groups in total. The topological polar surface area (TPSA) is 50.1 Å². The summed E-state index contributed by atoms with van der Waals surface area (Å²) in [7, 11) is 0. The fourth-order valence-corrected chi connectivity index (χ4v) is 2.63. The standard InChI is InChI=1S/C18H12FNO2/c1-11(8-20)18-15-4-2-12(9-21)6-13(15)10-22-17-7-14(19)3-5-16(17)18/h2-7,9H,10H2,1H3. The van der Waals surface area contributed by atoms with Crippen molar-refractivity contribution < 1.29 is 13.9 Å². The molecular formula is C18H12FNO2. The maximum absolute atomic E-state index is 13.5. The van der Waals surface area contributed by atoms with Gasteiger partial charge in [-0.15, -0.1) is 0 Å². The third kappa shape index (κ3) is 2.27. The number of ether oxygens (including phenoxy) is 1. The minimum atomic E-state index is -0.396. The first-order valence-electron chi connectivity index (χ1n) is 6.76. The van der Waals surface area contributed by atoms with Gasteiger partial charge < -0.3 is 4.74 Å². The number of hydrogen-bond donors (Lipinski definition) is 0. The van der Waals surface area contributed by atoms with Crippen LogP contribution in [0, 0.1) is 17.1 Å². The summed E-state index contributed by atoms with van der Waals surface area (Å²) in [5, 5.41) is 9.31. The van der Waals surface area contributed by atoms with Gasteiger partial charge in [-0.3, -0.25) is 4.79 Å². The number of aldehydes is 1. The molecule has 0 spiro atoms. The van der Waals surface area contributed by atoms with E-state index in [0.29, 0.717) is 28.0 Å². The number of rotatable bonds is 1. The molecule has 1 heterocycles. The number of nitrogens with zero attached hydrogens (tertiary/aromatic N) is 1. The van der Waals surface area contributed by atoms with Crippen LogP contribution < -0.4 is 4.74 Å². The fourth-order valence-electron chi connectivity index (χ4n) is 2.63. The summed E-state index contributed by atoms with van der Waals surface area (Å²) in [6.07, 6.45) is 0.762. The SMILES string of the molecule is CC(C#N)=C1c2ccc(C=O)cc2COc2cc(F)ccc21. The second kappa shape index (κ2) is 5.45. The van der Waals surface area contributed by atoms with E-state index in [0.717, 1.165) is 17.4 Å². The second-order valence-corrected chi connectivity index (χ2v) is 5.08. The van der Waals surface area contributed by atoms with Gasteiger partial charge in [0.05, 0.1) is 6.07 Å². The summed E-state index contributed by atoms with van der Waals surface area (Å²) in [6.45, 7) is 1.93. The van der Waals surface area contributed by atoms with Crippen LogP contribution in [0.1, 0.15) is 34.0 Å². The first kappa shape index (κ1) is 14.0. The van der Waals surface area contributed by atoms with Crippen molar-refractivity contribution in [2.75, 3.05) is 0 Å². The summed E-state index contributed by atoms with van der Waals surface area (Å²) < 4.78 is 19.2. The molecule has 3 nitrogen and oxygen atoms in total. The molecule has 1 aliphatic heterocycles. The van der Waals surface area contributed by atoms with Crippen molar-refractivity contribution in [3.63, 3.8) is 0 Å². The quantitative estimate of drug-likeness (QED) is 0.592. The van der Waals surface area contributed by atoms with Crippen molar-refractivity contribution in [2.45, 2.75) is 13.5 Å². The molecule has 0 aliphatic carbocycles. The van der Waals surface area contributed by atoms with E-state index < -0.39 is 5.82 Å². The summed E-state index contributed by atoms with van der Waals surface area (Å²) >= 11 is 0. The van der Waals surface area contributed by atoms with Crippen molar-refractivity contribution in [3.05, 3.63) is 70.0 Å². The van der Waals surface area contributed by atoms with Gasteiger partial charge in [-0.05, 0) is 36.2 Å². The van der Waals surface area contributed by atoms with E-state index in [9.17, 15) is 14.4 Å². The molecule has 1 aliphatic rings. The van der Waals surface area contributed by atoms with Crippen LogP contribution in [0.5, 0.6) is 5.75 Å². The van der Waals surface area contributed by atoms with Crippen molar-refractivity contribution in [2.24, 2.45) is 0 Å². The van der Waals surface area contributed by atoms with E-state index in [2.05, 4.69) is 6.07 Å². The van der Waals surface area contributed by atoms with Crippen LogP contribution in [-0.4, -0.2) is 6.29 Å². The molecule has 2 aromatic rings. The van der Waals surface area contributed by atoms with Crippen LogP contribution >= 0.6 is 0 Å². The first-order valence-corrected chi connectivity index (χ1v) is 6.76. The summed E-state index contributed by atoms with van der Waals surface area (Å²) in [4.78, 5) is 11.0. The Morgan fingerprint density at radius 2 is 2.05 bits per heavy atom. The zero-order chi connectivity index (χ0) is 15.7. The van der Waals surface area contributed by atoms with E-state index in [1.165, 1.54) is 12.1 Å². The van der Waals surface area contributed by atoms with Crippen LogP contribution in [-0.2, 0) is 6.61 Å². The van der Waals surface area contributed by atoms with Gasteiger partial charge in [0, 0.05) is 28.3 Å². The van der Waals surface area contributed by atoms with Crippen molar-refractivity contribution in [1.29, 1.82) is 5.26 Å². The van der Waals surface area contributed by atoms with E-state index in [4.69, 9.17) is 4.74 Å². The molecule has 108 valence electrons. The maximum atomic E-state index is 13.5. The van der Waals surface area contributed by atoms with E-state index in [1.807, 2.05) is 0 Å². The third-order valence-corrected chi connectivity index (χ3v) is 3.67. The lowest BCUT2D eigenvalue weighted by molar-refractivity contribution is 0.112. The minimum Gasteiger partial charge on any atom is -0.488 e. The van der Waals surface area contributed by atoms with E-state index in [-0.39, 0.29) is 6.61 Å². The van der Waals surface area contributed by atoms with Gasteiger partial charge in [-0.1, -0.05) is 12.1 Å². The first-order chi connectivity index (χ1) is 10.6. The average Bonchev–Trinajstić information content (AvgIpc) is 2.70. The Bertz CT molecular complexity index is 847. The summed E-state index contributed by atoms with van der Waals surface area (Å²) in [5.41, 5.74) is 4.06. The highest BCUT2D eigenvalue weighted by atomic mass is 19.1. The number of halogens is 1. The molecular weight excluding hydrogens is 281 g/mol. The molecule has 0 amide bonds. The molecule has 0 unspecified atom stereocenters. The molecule has 2 aromatic carbocycles. The zero-order valence-electron chi connectivity index (χ0n) is 11.9. The highest BCUT2D eigenvalue weighted by Gasteiger charge is 2.22. The number of hydrogen-bond acceptors (Lipinski definition) is 3. The predicted molar refractivity (Wildman–Crippen MR) is 79.9 cm³/mol. The number of carbonyl (C=O) groups excluding carboxylic acids is 1. The third-order valence-electron chi connectivity index (χ3n) is 3.67. The smallest absolute Gasteiger partial charge is 0.150 e. The molecule has 0 aromatic heterocycles. The lowest BCUT2D eigenvalue weighted by Gasteiger charge is -2.11. The molecule has 0 saturated carbocycles. The van der Waals surface area contributed by atoms with Gasteiger partial charge >= 0.3 is 0 Å². The lowest BCUT2D eigenvalue weighted by Crippen LogP contribution is -1.97. The predicted octanol–water partition coefficient (Wildman–Crippen LogP) is 3.88. The maximum Gasteiger partial charge on any atom is 0.150 e. The summed E-state index contributed by atoms with van der Waals surface area (Å²) in [5.74, 6) is 0.000649. The number of benzene rings is 2. The number of allylic oxidation sites excluding steroid dienone is 1. The molecule has 3 rings (SSSR count). The molecule has 0 radical (unpaired) electrons. The van der Waals surface area contributed by atoms with E-state index >= 15 is 0 Å². The molecule has 0 fully saturated rings. The van der Waals surface area contributed by atoms with Gasteiger partial charge in [-0.2, -0.15) is 5.26 Å². The van der Waals surface area contributed by atoms with Crippen molar-refractivity contribution in [1.82, 2.24) is 0 Å². The van der Waals surface area contributed by atoms with Gasteiger partial charge in [0.25, 0.3) is 0 Å². The normalized spacial score (nSPS) is 14.8. The highest BCUT2D eigenvalue weighted by molar-refractivity contribution is 5.89. The number of nitriles is 1. The van der Waals surface area contributed by atoms with Crippen molar-refractivity contribution >= 4 is 11.9 Å². The fraction of sp³-hybridized carbons (Fsp3) is 0.111. The van der Waals surface area contributed by atoms with Crippen molar-refractivity contribution in [3.8, 4) is 11.8 Å². The Balaban J connectivity index is 2.32.